The van der Waals surface area contributed by atoms with Gasteiger partial charge in [0.25, 0.3) is 0 Å². The molecule has 1 N–H and O–H groups in total. The Labute approximate surface area is 122 Å². The smallest absolute Gasteiger partial charge is 0.129 e. The number of hydrogen-bond acceptors (Lipinski definition) is 1. The van der Waals surface area contributed by atoms with Gasteiger partial charge in [0.05, 0.1) is 0 Å². The van der Waals surface area contributed by atoms with E-state index in [4.69, 9.17) is 0 Å². The standard InChI is InChI=1S/C17H18F3N/c1-3-21-17(14-7-4-11(2)8-16(14)20)9-12-5-6-13(18)10-15(12)19/h4-8,10,17,21H,3,9H2,1-2H3. The van der Waals surface area contributed by atoms with Gasteiger partial charge in [-0.3, -0.25) is 0 Å². The van der Waals surface area contributed by atoms with Gasteiger partial charge in [-0.05, 0) is 43.1 Å². The van der Waals surface area contributed by atoms with Crippen molar-refractivity contribution in [1.82, 2.24) is 5.32 Å². The Bertz CT molecular complexity index is 625. The average Bonchev–Trinajstić information content (AvgIpc) is 2.41. The summed E-state index contributed by atoms with van der Waals surface area (Å²) < 4.78 is 40.8. The minimum Gasteiger partial charge on any atom is -0.310 e. The second-order valence-electron chi connectivity index (χ2n) is 5.08. The number of hydrogen-bond donors (Lipinski definition) is 1. The minimum absolute atomic E-state index is 0.264. The van der Waals surface area contributed by atoms with Crippen LogP contribution in [0.25, 0.3) is 0 Å². The van der Waals surface area contributed by atoms with Crippen molar-refractivity contribution in [3.05, 3.63) is 70.5 Å². The summed E-state index contributed by atoms with van der Waals surface area (Å²) in [6, 6.07) is 8.11. The Kier molecular flexibility index (Phi) is 5.02. The van der Waals surface area contributed by atoms with Gasteiger partial charge in [-0.2, -0.15) is 0 Å². The first-order valence-electron chi connectivity index (χ1n) is 6.94. The first kappa shape index (κ1) is 15.6. The molecule has 0 aromatic heterocycles. The Balaban J connectivity index is 2.30. The highest BCUT2D eigenvalue weighted by atomic mass is 19.1. The number of rotatable bonds is 5. The summed E-state index contributed by atoms with van der Waals surface area (Å²) in [6.45, 7) is 4.34. The lowest BCUT2D eigenvalue weighted by Gasteiger charge is -2.20. The molecule has 0 saturated heterocycles. The van der Waals surface area contributed by atoms with Crippen LogP contribution in [-0.4, -0.2) is 6.54 Å². The molecule has 0 aliphatic carbocycles. The molecule has 21 heavy (non-hydrogen) atoms. The molecule has 112 valence electrons. The lowest BCUT2D eigenvalue weighted by molar-refractivity contribution is 0.495. The molecule has 2 aromatic rings. The fourth-order valence-corrected chi connectivity index (χ4v) is 2.36. The number of nitrogens with one attached hydrogen (secondary N) is 1. The van der Waals surface area contributed by atoms with Crippen LogP contribution in [0.3, 0.4) is 0 Å². The molecule has 1 nitrogen and oxygen atoms in total. The molecular formula is C17H18F3N. The van der Waals surface area contributed by atoms with Crippen LogP contribution in [-0.2, 0) is 6.42 Å². The van der Waals surface area contributed by atoms with Crippen molar-refractivity contribution in [3.63, 3.8) is 0 Å². The molecule has 2 rings (SSSR count). The van der Waals surface area contributed by atoms with Crippen LogP contribution in [0.1, 0.15) is 29.7 Å². The van der Waals surface area contributed by atoms with Gasteiger partial charge in [-0.1, -0.05) is 25.1 Å². The monoisotopic (exact) mass is 293 g/mol. The lowest BCUT2D eigenvalue weighted by Crippen LogP contribution is -2.24. The van der Waals surface area contributed by atoms with Crippen molar-refractivity contribution < 1.29 is 13.2 Å². The maximum absolute atomic E-state index is 14.1. The third kappa shape index (κ3) is 3.85. The summed E-state index contributed by atoms with van der Waals surface area (Å²) in [4.78, 5) is 0. The van der Waals surface area contributed by atoms with Crippen LogP contribution in [0.5, 0.6) is 0 Å². The third-order valence-electron chi connectivity index (χ3n) is 3.42. The van der Waals surface area contributed by atoms with Crippen molar-refractivity contribution in [2.75, 3.05) is 6.54 Å². The van der Waals surface area contributed by atoms with E-state index in [1.165, 1.54) is 18.2 Å². The summed E-state index contributed by atoms with van der Waals surface area (Å²) in [6.07, 6.45) is 0.264. The van der Waals surface area contributed by atoms with Crippen LogP contribution < -0.4 is 5.32 Å². The molecule has 4 heteroatoms. The minimum atomic E-state index is -0.613. The predicted molar refractivity (Wildman–Crippen MR) is 77.6 cm³/mol. The van der Waals surface area contributed by atoms with Crippen molar-refractivity contribution in [1.29, 1.82) is 0 Å². The van der Waals surface area contributed by atoms with Crippen molar-refractivity contribution in [3.8, 4) is 0 Å². The molecule has 0 spiro atoms. The fraction of sp³-hybridized carbons (Fsp3) is 0.294. The molecule has 0 heterocycles. The molecule has 1 atom stereocenters. The summed E-state index contributed by atoms with van der Waals surface area (Å²) in [5.41, 5.74) is 1.69. The van der Waals surface area contributed by atoms with E-state index in [1.54, 1.807) is 6.07 Å². The maximum atomic E-state index is 14.1. The van der Waals surface area contributed by atoms with Crippen LogP contribution in [0.2, 0.25) is 0 Å². The Morgan fingerprint density at radius 2 is 1.76 bits per heavy atom. The summed E-state index contributed by atoms with van der Waals surface area (Å²) in [7, 11) is 0. The number of likely N-dealkylation sites (N-methyl/N-ethyl adjacent to an activating group) is 1. The highest BCUT2D eigenvalue weighted by Crippen LogP contribution is 2.23. The zero-order valence-corrected chi connectivity index (χ0v) is 12.1. The average molecular weight is 293 g/mol. The molecule has 0 aliphatic heterocycles. The molecular weight excluding hydrogens is 275 g/mol. The summed E-state index contributed by atoms with van der Waals surface area (Å²) >= 11 is 0. The number of benzene rings is 2. The predicted octanol–water partition coefficient (Wildman–Crippen LogP) is 4.31. The first-order valence-corrected chi connectivity index (χ1v) is 6.94. The Morgan fingerprint density at radius 3 is 2.38 bits per heavy atom. The molecule has 0 bridgehead atoms. The third-order valence-corrected chi connectivity index (χ3v) is 3.42. The van der Waals surface area contributed by atoms with Crippen LogP contribution in [0.4, 0.5) is 13.2 Å². The van der Waals surface area contributed by atoms with Gasteiger partial charge in [0.15, 0.2) is 0 Å². The van der Waals surface area contributed by atoms with Gasteiger partial charge in [0.2, 0.25) is 0 Å². The quantitative estimate of drug-likeness (QED) is 0.866. The van der Waals surface area contributed by atoms with Crippen molar-refractivity contribution >= 4 is 0 Å². The van der Waals surface area contributed by atoms with Crippen molar-refractivity contribution in [2.45, 2.75) is 26.3 Å². The fourth-order valence-electron chi connectivity index (χ4n) is 2.36. The topological polar surface area (TPSA) is 12.0 Å². The number of aryl methyl sites for hydroxylation is 1. The Hall–Kier alpha value is -1.81. The van der Waals surface area contributed by atoms with Crippen molar-refractivity contribution in [2.24, 2.45) is 0 Å². The highest BCUT2D eigenvalue weighted by molar-refractivity contribution is 5.29. The first-order chi connectivity index (χ1) is 10.0. The van der Waals surface area contributed by atoms with Gasteiger partial charge < -0.3 is 5.32 Å². The van der Waals surface area contributed by atoms with E-state index in [-0.39, 0.29) is 18.3 Å². The second kappa shape index (κ2) is 6.76. The van der Waals surface area contributed by atoms with Gasteiger partial charge in [0.1, 0.15) is 17.5 Å². The van der Waals surface area contributed by atoms with Crippen LogP contribution >= 0.6 is 0 Å². The summed E-state index contributed by atoms with van der Waals surface area (Å²) in [5.74, 6) is -1.54. The largest absolute Gasteiger partial charge is 0.310 e. The van der Waals surface area contributed by atoms with Crippen LogP contribution in [0, 0.1) is 24.4 Å². The molecule has 0 fully saturated rings. The van der Waals surface area contributed by atoms with Gasteiger partial charge in [-0.25, -0.2) is 13.2 Å². The molecule has 0 saturated carbocycles. The summed E-state index contributed by atoms with van der Waals surface area (Å²) in [5, 5.41) is 3.15. The SMILES string of the molecule is CCNC(Cc1ccc(F)cc1F)c1ccc(C)cc1F. The zero-order chi connectivity index (χ0) is 15.4. The molecule has 2 aromatic carbocycles. The van der Waals surface area contributed by atoms with E-state index in [0.29, 0.717) is 17.7 Å². The zero-order valence-electron chi connectivity index (χ0n) is 12.1. The van der Waals surface area contributed by atoms with E-state index in [0.717, 1.165) is 11.6 Å². The molecule has 0 radical (unpaired) electrons. The van der Waals surface area contributed by atoms with E-state index in [1.807, 2.05) is 19.9 Å². The van der Waals surface area contributed by atoms with Gasteiger partial charge in [-0.15, -0.1) is 0 Å². The number of halogens is 3. The maximum Gasteiger partial charge on any atom is 0.129 e. The van der Waals surface area contributed by atoms with E-state index < -0.39 is 11.6 Å². The van der Waals surface area contributed by atoms with Crippen LogP contribution in [0.15, 0.2) is 36.4 Å². The molecule has 0 aliphatic rings. The second-order valence-corrected chi connectivity index (χ2v) is 5.08. The van der Waals surface area contributed by atoms with Gasteiger partial charge in [0, 0.05) is 17.7 Å². The molecule has 1 unspecified atom stereocenters. The Morgan fingerprint density at radius 1 is 1.00 bits per heavy atom. The normalized spacial score (nSPS) is 12.4. The van der Waals surface area contributed by atoms with E-state index in [2.05, 4.69) is 5.32 Å². The lowest BCUT2D eigenvalue weighted by atomic mass is 9.97. The van der Waals surface area contributed by atoms with E-state index >= 15 is 0 Å². The molecule has 0 amide bonds. The van der Waals surface area contributed by atoms with Gasteiger partial charge >= 0.3 is 0 Å². The van der Waals surface area contributed by atoms with E-state index in [9.17, 15) is 13.2 Å². The highest BCUT2D eigenvalue weighted by Gasteiger charge is 2.17.